The summed E-state index contributed by atoms with van der Waals surface area (Å²) < 4.78 is 5.54. The van der Waals surface area contributed by atoms with Gasteiger partial charge >= 0.3 is 0 Å². The highest BCUT2D eigenvalue weighted by atomic mass is 16.5. The van der Waals surface area contributed by atoms with Gasteiger partial charge in [-0.2, -0.15) is 0 Å². The van der Waals surface area contributed by atoms with Gasteiger partial charge in [-0.25, -0.2) is 9.97 Å². The average molecular weight is 303 g/mol. The first-order valence-electron chi connectivity index (χ1n) is 8.98. The Morgan fingerprint density at radius 1 is 1.23 bits per heavy atom. The molecular formula is C18H29N3O. The van der Waals surface area contributed by atoms with Gasteiger partial charge in [0.15, 0.2) is 0 Å². The van der Waals surface area contributed by atoms with E-state index in [1.807, 2.05) is 6.92 Å². The Kier molecular flexibility index (Phi) is 5.29. The van der Waals surface area contributed by atoms with E-state index < -0.39 is 0 Å². The second-order valence-corrected chi connectivity index (χ2v) is 6.74. The summed E-state index contributed by atoms with van der Waals surface area (Å²) in [5.41, 5.74) is 1.18. The predicted molar refractivity (Wildman–Crippen MR) is 89.5 cm³/mol. The van der Waals surface area contributed by atoms with E-state index >= 15 is 0 Å². The quantitative estimate of drug-likeness (QED) is 0.800. The van der Waals surface area contributed by atoms with Crippen molar-refractivity contribution < 1.29 is 4.74 Å². The molecule has 0 amide bonds. The van der Waals surface area contributed by atoms with Crippen LogP contribution in [0.25, 0.3) is 0 Å². The molecule has 0 radical (unpaired) electrons. The van der Waals surface area contributed by atoms with Crippen LogP contribution < -0.4 is 4.90 Å². The second-order valence-electron chi connectivity index (χ2n) is 6.74. The molecule has 1 aromatic rings. The van der Waals surface area contributed by atoms with Gasteiger partial charge in [0.05, 0.1) is 12.3 Å². The van der Waals surface area contributed by atoms with Crippen molar-refractivity contribution in [1.82, 2.24) is 9.97 Å². The topological polar surface area (TPSA) is 38.2 Å². The molecule has 0 aromatic carbocycles. The van der Waals surface area contributed by atoms with Crippen LogP contribution in [0.1, 0.15) is 69.3 Å². The number of nitrogens with zero attached hydrogens (tertiary/aromatic N) is 3. The van der Waals surface area contributed by atoms with Crippen molar-refractivity contribution >= 4 is 5.82 Å². The highest BCUT2D eigenvalue weighted by Gasteiger charge is 2.26. The molecule has 4 nitrogen and oxygen atoms in total. The zero-order valence-corrected chi connectivity index (χ0v) is 14.1. The second kappa shape index (κ2) is 7.40. The smallest absolute Gasteiger partial charge is 0.132 e. The van der Waals surface area contributed by atoms with Gasteiger partial charge in [0.2, 0.25) is 0 Å². The van der Waals surface area contributed by atoms with E-state index in [1.165, 1.54) is 44.2 Å². The Balaban J connectivity index is 1.85. The van der Waals surface area contributed by atoms with E-state index in [9.17, 15) is 0 Å². The summed E-state index contributed by atoms with van der Waals surface area (Å²) in [5.74, 6) is 2.51. The standard InChI is InChI=1S/C18H29N3O/c1-3-4-10-21(16-7-5-6-8-16)18-12-17(19-14(2)20-18)15-9-11-22-13-15/h12,15-16H,3-11,13H2,1-2H3/t15-/m0/s1. The van der Waals surface area contributed by atoms with Crippen molar-refractivity contribution in [1.29, 1.82) is 0 Å². The Morgan fingerprint density at radius 2 is 2.05 bits per heavy atom. The predicted octanol–water partition coefficient (Wildman–Crippen LogP) is 3.84. The van der Waals surface area contributed by atoms with Crippen molar-refractivity contribution in [2.45, 2.75) is 70.8 Å². The van der Waals surface area contributed by atoms with Crippen LogP contribution in [0.2, 0.25) is 0 Å². The third kappa shape index (κ3) is 3.60. The molecular weight excluding hydrogens is 274 g/mol. The van der Waals surface area contributed by atoms with Crippen LogP contribution in [0, 0.1) is 6.92 Å². The lowest BCUT2D eigenvalue weighted by atomic mass is 10.0. The third-order valence-corrected chi connectivity index (χ3v) is 5.00. The van der Waals surface area contributed by atoms with E-state index in [0.717, 1.165) is 37.8 Å². The maximum atomic E-state index is 5.54. The van der Waals surface area contributed by atoms with Gasteiger partial charge in [-0.1, -0.05) is 26.2 Å². The maximum absolute atomic E-state index is 5.54. The molecule has 1 atom stereocenters. The van der Waals surface area contributed by atoms with Gasteiger partial charge < -0.3 is 9.64 Å². The first-order chi connectivity index (χ1) is 10.8. The number of hydrogen-bond donors (Lipinski definition) is 0. The lowest BCUT2D eigenvalue weighted by Gasteiger charge is -2.30. The molecule has 1 aliphatic heterocycles. The summed E-state index contributed by atoms with van der Waals surface area (Å²) in [4.78, 5) is 12.0. The Morgan fingerprint density at radius 3 is 2.73 bits per heavy atom. The maximum Gasteiger partial charge on any atom is 0.132 e. The van der Waals surface area contributed by atoms with E-state index in [4.69, 9.17) is 9.72 Å². The number of anilines is 1. The van der Waals surface area contributed by atoms with Crippen LogP contribution in [0.15, 0.2) is 6.07 Å². The zero-order chi connectivity index (χ0) is 15.4. The molecule has 2 aliphatic rings. The molecule has 0 unspecified atom stereocenters. The largest absolute Gasteiger partial charge is 0.381 e. The van der Waals surface area contributed by atoms with Crippen molar-refractivity contribution in [3.8, 4) is 0 Å². The van der Waals surface area contributed by atoms with Crippen LogP contribution in [0.3, 0.4) is 0 Å². The van der Waals surface area contributed by atoms with Crippen molar-refractivity contribution in [3.05, 3.63) is 17.6 Å². The molecule has 1 aromatic heterocycles. The third-order valence-electron chi connectivity index (χ3n) is 5.00. The number of unbranched alkanes of at least 4 members (excludes halogenated alkanes) is 1. The fourth-order valence-electron chi connectivity index (χ4n) is 3.73. The molecule has 0 spiro atoms. The molecule has 22 heavy (non-hydrogen) atoms. The van der Waals surface area contributed by atoms with Crippen LogP contribution in [-0.2, 0) is 4.74 Å². The average Bonchev–Trinajstić information content (AvgIpc) is 3.21. The lowest BCUT2D eigenvalue weighted by Crippen LogP contribution is -2.35. The number of aromatic nitrogens is 2. The molecule has 3 rings (SSSR count). The van der Waals surface area contributed by atoms with E-state index in [1.54, 1.807) is 0 Å². The van der Waals surface area contributed by atoms with Crippen molar-refractivity contribution in [3.63, 3.8) is 0 Å². The number of hydrogen-bond acceptors (Lipinski definition) is 4. The van der Waals surface area contributed by atoms with Gasteiger partial charge in [0.1, 0.15) is 11.6 Å². The summed E-state index contributed by atoms with van der Waals surface area (Å²) in [6, 6.07) is 2.91. The van der Waals surface area contributed by atoms with E-state index in [0.29, 0.717) is 12.0 Å². The Bertz CT molecular complexity index is 479. The molecule has 2 heterocycles. The molecule has 0 N–H and O–H groups in total. The minimum Gasteiger partial charge on any atom is -0.381 e. The van der Waals surface area contributed by atoms with E-state index in [2.05, 4.69) is 22.9 Å². The SMILES string of the molecule is CCCCN(c1cc([C@H]2CCOC2)nc(C)n1)C1CCCC1. The highest BCUT2D eigenvalue weighted by molar-refractivity contribution is 5.42. The summed E-state index contributed by atoms with van der Waals surface area (Å²) in [6.45, 7) is 7.09. The monoisotopic (exact) mass is 303 g/mol. The van der Waals surface area contributed by atoms with Crippen molar-refractivity contribution in [2.24, 2.45) is 0 Å². The van der Waals surface area contributed by atoms with Crippen molar-refractivity contribution in [2.75, 3.05) is 24.7 Å². The first-order valence-corrected chi connectivity index (χ1v) is 8.98. The van der Waals surface area contributed by atoms with Gasteiger partial charge in [0, 0.05) is 31.2 Å². The molecule has 1 saturated carbocycles. The van der Waals surface area contributed by atoms with Crippen LogP contribution >= 0.6 is 0 Å². The zero-order valence-electron chi connectivity index (χ0n) is 14.1. The lowest BCUT2D eigenvalue weighted by molar-refractivity contribution is 0.193. The first kappa shape index (κ1) is 15.7. The molecule has 122 valence electrons. The van der Waals surface area contributed by atoms with E-state index in [-0.39, 0.29) is 0 Å². The minimum atomic E-state index is 0.456. The molecule has 1 aliphatic carbocycles. The van der Waals surface area contributed by atoms with Crippen LogP contribution in [0.4, 0.5) is 5.82 Å². The molecule has 4 heteroatoms. The fourth-order valence-corrected chi connectivity index (χ4v) is 3.73. The summed E-state index contributed by atoms with van der Waals surface area (Å²) >= 11 is 0. The highest BCUT2D eigenvalue weighted by Crippen LogP contribution is 2.30. The number of ether oxygens (including phenoxy) is 1. The molecule has 1 saturated heterocycles. The minimum absolute atomic E-state index is 0.456. The van der Waals surface area contributed by atoms with Gasteiger partial charge in [0.25, 0.3) is 0 Å². The Hall–Kier alpha value is -1.16. The summed E-state index contributed by atoms with van der Waals surface area (Å²) in [7, 11) is 0. The Labute approximate surface area is 134 Å². The summed E-state index contributed by atoms with van der Waals surface area (Å²) in [5, 5.41) is 0. The molecule has 2 fully saturated rings. The van der Waals surface area contributed by atoms with Gasteiger partial charge in [-0.05, 0) is 32.6 Å². The summed E-state index contributed by atoms with van der Waals surface area (Å²) in [6.07, 6.45) is 8.91. The van der Waals surface area contributed by atoms with Crippen LogP contribution in [-0.4, -0.2) is 35.8 Å². The number of aryl methyl sites for hydroxylation is 1. The molecule has 0 bridgehead atoms. The van der Waals surface area contributed by atoms with Gasteiger partial charge in [-0.3, -0.25) is 0 Å². The fraction of sp³-hybridized carbons (Fsp3) is 0.778. The normalized spacial score (nSPS) is 22.4. The van der Waals surface area contributed by atoms with Gasteiger partial charge in [-0.15, -0.1) is 0 Å². The number of rotatable bonds is 6. The van der Waals surface area contributed by atoms with Crippen LogP contribution in [0.5, 0.6) is 0 Å².